The van der Waals surface area contributed by atoms with Crippen molar-refractivity contribution in [2.75, 3.05) is 26.2 Å². The summed E-state index contributed by atoms with van der Waals surface area (Å²) in [6.07, 6.45) is 5.20. The molecule has 0 saturated carbocycles. The maximum atomic E-state index is 13.5. The second-order valence-electron chi connectivity index (χ2n) is 14.1. The third-order valence-electron chi connectivity index (χ3n) is 8.52. The molecule has 5 unspecified atom stereocenters. The van der Waals surface area contributed by atoms with Gasteiger partial charge >= 0.3 is 0 Å². The second-order valence-corrected chi connectivity index (χ2v) is 14.1. The molecule has 0 heterocycles. The van der Waals surface area contributed by atoms with Crippen LogP contribution in [0.5, 0.6) is 0 Å². The largest absolute Gasteiger partial charge is 0.542 e. The molecule has 23 nitrogen and oxygen atoms in total. The quantitative estimate of drug-likeness (QED) is 0.0130. The number of nitrogens with zero attached hydrogens (tertiary/aromatic N) is 4. The van der Waals surface area contributed by atoms with E-state index in [0.717, 1.165) is 0 Å². The van der Waals surface area contributed by atoms with Gasteiger partial charge < -0.3 is 77.7 Å². The molecule has 59 heavy (non-hydrogen) atoms. The number of carbonyl (C=O) groups excluding carboxylic acids is 6. The molecule has 24 heteroatoms. The average molecular weight is 912 g/mol. The van der Waals surface area contributed by atoms with E-state index < -0.39 is 47.8 Å². The molecule has 0 fully saturated rings. The fourth-order valence-corrected chi connectivity index (χ4v) is 5.84. The first-order chi connectivity index (χ1) is 27.4. The first-order valence-corrected chi connectivity index (χ1v) is 19.4. The summed E-state index contributed by atoms with van der Waals surface area (Å²) in [6.45, 7) is 3.13. The fourth-order valence-electron chi connectivity index (χ4n) is 5.84. The van der Waals surface area contributed by atoms with Gasteiger partial charge in [0.2, 0.25) is 29.5 Å². The van der Waals surface area contributed by atoms with E-state index in [1.54, 1.807) is 0 Å². The van der Waals surface area contributed by atoms with Gasteiger partial charge in [0.1, 0.15) is 0 Å². The predicted octanol–water partition coefficient (Wildman–Crippen LogP) is -3.90. The van der Waals surface area contributed by atoms with Crippen LogP contribution in [0.4, 0.5) is 0 Å². The van der Waals surface area contributed by atoms with Crippen molar-refractivity contribution in [3.63, 3.8) is 0 Å². The van der Waals surface area contributed by atoms with Crippen LogP contribution in [0.1, 0.15) is 103 Å². The minimum absolute atomic E-state index is 0. The third-order valence-corrected chi connectivity index (χ3v) is 8.52. The standard InChI is InChI=1S/C35H68N17O6.Y/c1-22(6-2-13-45-32(37)38)18-28(55)52-26(10-11-27(36)54)21-31(58)51-25(9-5-16-48-35(43)44)20-30(57)50-24(8-4-15-47-34(41)42)19-29(56)49-23(12-17-53)7-3-14-46-33(39)40;/h22-26H,2-16,18-21H2,1H3,(H2,36,54)(H,49,56)(H,50,57)(H,51,58)(H,52,55)(H4,37,38,45)(H4,39,40,46)(H4,41,42,47)(H4,43,44,48);/q-1;. The molecule has 0 bridgehead atoms. The van der Waals surface area contributed by atoms with Crippen molar-refractivity contribution in [2.45, 2.75) is 127 Å². The molecule has 0 aromatic heterocycles. The van der Waals surface area contributed by atoms with E-state index in [2.05, 4.69) is 41.2 Å². The molecule has 333 valence electrons. The van der Waals surface area contributed by atoms with Crippen molar-refractivity contribution >= 4 is 59.7 Å². The molecule has 0 aliphatic carbocycles. The molecular formula is C35H68N17O6Y-. The Morgan fingerprint density at radius 1 is 0.475 bits per heavy atom. The van der Waals surface area contributed by atoms with E-state index in [4.69, 9.17) is 51.6 Å². The summed E-state index contributed by atoms with van der Waals surface area (Å²) in [5.74, 6) is -2.56. The smallest absolute Gasteiger partial charge is 0.222 e. The first-order valence-electron chi connectivity index (χ1n) is 19.4. The van der Waals surface area contributed by atoms with Crippen molar-refractivity contribution in [3.8, 4) is 0 Å². The number of amides is 5. The van der Waals surface area contributed by atoms with Crippen molar-refractivity contribution in [2.24, 2.45) is 77.5 Å². The Kier molecular flexibility index (Phi) is 32.5. The van der Waals surface area contributed by atoms with E-state index in [1.807, 2.05) is 13.2 Å². The molecule has 0 aliphatic rings. The number of rotatable bonds is 33. The molecule has 0 aliphatic heterocycles. The normalized spacial score (nSPS) is 13.0. The summed E-state index contributed by atoms with van der Waals surface area (Å²) in [4.78, 5) is 91.5. The zero-order chi connectivity index (χ0) is 43.9. The number of nitrogens with one attached hydrogen (secondary N) is 4. The summed E-state index contributed by atoms with van der Waals surface area (Å²) in [5, 5.41) is 11.4. The van der Waals surface area contributed by atoms with Gasteiger partial charge in [-0.1, -0.05) is 6.92 Å². The second kappa shape index (κ2) is 34.1. The third kappa shape index (κ3) is 34.9. The molecule has 5 atom stereocenters. The molecular weight excluding hydrogens is 843 g/mol. The molecule has 5 amide bonds. The van der Waals surface area contributed by atoms with Gasteiger partial charge in [-0.15, -0.1) is 6.42 Å². The van der Waals surface area contributed by atoms with Crippen LogP contribution in [0.2, 0.25) is 0 Å². The zero-order valence-corrected chi connectivity index (χ0v) is 37.2. The minimum Gasteiger partial charge on any atom is -0.542 e. The number of guanidine groups is 4. The summed E-state index contributed by atoms with van der Waals surface area (Å²) in [6, 6.07) is -2.60. The maximum Gasteiger partial charge on any atom is 0.222 e. The van der Waals surface area contributed by atoms with Crippen LogP contribution in [-0.4, -0.2) is 110 Å². The number of hydrogen-bond donors (Lipinski definition) is 13. The van der Waals surface area contributed by atoms with Crippen LogP contribution in [-0.2, 0) is 61.5 Å². The van der Waals surface area contributed by atoms with Gasteiger partial charge in [0.15, 0.2) is 23.8 Å². The Balaban J connectivity index is 0. The van der Waals surface area contributed by atoms with Crippen LogP contribution in [0.25, 0.3) is 0 Å². The average Bonchev–Trinajstić information content (AvgIpc) is 3.10. The SMILES string of the molecule is CC(CCCN=C(N)N)CC(=O)NC(CCC(N)=O)CC(=O)NC(CCCN=C(N)N)CC(=O)NC(CCCN=C(N)N)CC(=O)NC(C[C-]=O)CCCN=C(N)N.[Y]. The van der Waals surface area contributed by atoms with Gasteiger partial charge in [-0.05, 0) is 63.7 Å². The first kappa shape index (κ1) is 56.3. The summed E-state index contributed by atoms with van der Waals surface area (Å²) < 4.78 is 0. The Morgan fingerprint density at radius 3 is 1.12 bits per heavy atom. The summed E-state index contributed by atoms with van der Waals surface area (Å²) in [7, 11) is 0. The number of carbonyl (C=O) groups is 5. The van der Waals surface area contributed by atoms with E-state index in [-0.39, 0.29) is 126 Å². The van der Waals surface area contributed by atoms with E-state index in [1.165, 1.54) is 0 Å². The zero-order valence-electron chi connectivity index (χ0n) is 34.3. The summed E-state index contributed by atoms with van der Waals surface area (Å²) >= 11 is 0. The fraction of sp³-hybridized carbons (Fsp3) is 0.714. The van der Waals surface area contributed by atoms with Gasteiger partial charge in [0, 0.05) is 115 Å². The topological polar surface area (TPSA) is 434 Å². The van der Waals surface area contributed by atoms with E-state index >= 15 is 0 Å². The number of aliphatic imine (C=N–C) groups is 4. The molecule has 0 aromatic rings. The predicted molar refractivity (Wildman–Crippen MR) is 224 cm³/mol. The Morgan fingerprint density at radius 2 is 0.780 bits per heavy atom. The van der Waals surface area contributed by atoms with Crippen LogP contribution in [0, 0.1) is 5.92 Å². The van der Waals surface area contributed by atoms with Gasteiger partial charge in [0.25, 0.3) is 0 Å². The molecule has 0 aromatic carbocycles. The molecule has 22 N–H and O–H groups in total. The van der Waals surface area contributed by atoms with Crippen molar-refractivity contribution in [1.82, 2.24) is 21.3 Å². The van der Waals surface area contributed by atoms with Crippen molar-refractivity contribution in [3.05, 3.63) is 0 Å². The van der Waals surface area contributed by atoms with Crippen LogP contribution in [0.15, 0.2) is 20.0 Å². The van der Waals surface area contributed by atoms with Crippen LogP contribution >= 0.6 is 0 Å². The monoisotopic (exact) mass is 911 g/mol. The maximum absolute atomic E-state index is 13.5. The Hall–Kier alpha value is -4.80. The number of primary amides is 1. The van der Waals surface area contributed by atoms with Crippen LogP contribution < -0.4 is 72.9 Å². The van der Waals surface area contributed by atoms with Crippen LogP contribution in [0.3, 0.4) is 0 Å². The molecule has 0 rings (SSSR count). The van der Waals surface area contributed by atoms with Gasteiger partial charge in [-0.3, -0.25) is 50.2 Å². The van der Waals surface area contributed by atoms with Crippen molar-refractivity contribution in [1.29, 1.82) is 0 Å². The van der Waals surface area contributed by atoms with Crippen molar-refractivity contribution < 1.29 is 61.5 Å². The minimum atomic E-state index is -0.717. The van der Waals surface area contributed by atoms with E-state index in [0.29, 0.717) is 64.5 Å². The molecule has 0 saturated heterocycles. The van der Waals surface area contributed by atoms with Gasteiger partial charge in [0.05, 0.1) is 0 Å². The van der Waals surface area contributed by atoms with E-state index in [9.17, 15) is 28.8 Å². The number of hydrogen-bond acceptors (Lipinski definition) is 10. The van der Waals surface area contributed by atoms with Gasteiger partial charge in [-0.2, -0.15) is 0 Å². The molecule has 0 spiro atoms. The van der Waals surface area contributed by atoms with Gasteiger partial charge in [-0.25, -0.2) is 0 Å². The molecule has 1 radical (unpaired) electrons. The Labute approximate surface area is 371 Å². The summed E-state index contributed by atoms with van der Waals surface area (Å²) in [5.41, 5.74) is 48.6. The Bertz CT molecular complexity index is 1400. The number of nitrogens with two attached hydrogens (primary N) is 9.